The standard InChI is InChI=1S/C52H94NO7P/c1-6-8-10-12-14-16-18-20-22-23-24-25-26-27-28-29-30-32-34-36-38-40-42-44-47-57-49-51(50-59-61(55,56)58-48-46-53(3,4)5)60-52(54)45-43-41-39-37-35-33-31-21-19-17-15-13-11-9-7-2/h8,10,14,16,20,22,24-25,27-28,30,32,51H,6-7,9,11-13,15,17-19,21,23,26,29,31,33-50H2,1-5H3/p+1/b10-8-,16-14-,22-20-,25-24-,28-27-,32-30-. The van der Waals surface area contributed by atoms with E-state index in [9.17, 15) is 14.3 Å². The highest BCUT2D eigenvalue weighted by atomic mass is 31.2. The van der Waals surface area contributed by atoms with Gasteiger partial charge in [-0.3, -0.25) is 13.8 Å². The number of rotatable bonds is 45. The first-order valence-electron chi connectivity index (χ1n) is 24.7. The van der Waals surface area contributed by atoms with Crippen LogP contribution in [-0.2, 0) is 27.9 Å². The Balaban J connectivity index is 4.21. The smallest absolute Gasteiger partial charge is 0.457 e. The summed E-state index contributed by atoms with van der Waals surface area (Å²) in [6, 6.07) is 0. The van der Waals surface area contributed by atoms with Crippen molar-refractivity contribution in [3.63, 3.8) is 0 Å². The van der Waals surface area contributed by atoms with Crippen LogP contribution in [0.3, 0.4) is 0 Å². The summed E-state index contributed by atoms with van der Waals surface area (Å²) >= 11 is 0. The van der Waals surface area contributed by atoms with E-state index in [0.29, 0.717) is 24.1 Å². The van der Waals surface area contributed by atoms with Crippen LogP contribution in [0, 0.1) is 0 Å². The van der Waals surface area contributed by atoms with Crippen molar-refractivity contribution in [2.45, 2.75) is 200 Å². The average molecular weight is 877 g/mol. The third kappa shape index (κ3) is 48.8. The van der Waals surface area contributed by atoms with Gasteiger partial charge in [0.25, 0.3) is 0 Å². The van der Waals surface area contributed by atoms with Gasteiger partial charge in [-0.05, 0) is 64.2 Å². The second-order valence-corrected chi connectivity index (χ2v) is 18.9. The molecule has 0 radical (unpaired) electrons. The van der Waals surface area contributed by atoms with Crippen LogP contribution in [0.2, 0.25) is 0 Å². The summed E-state index contributed by atoms with van der Waals surface area (Å²) in [4.78, 5) is 23.0. The topological polar surface area (TPSA) is 91.3 Å². The van der Waals surface area contributed by atoms with Crippen LogP contribution in [0.15, 0.2) is 72.9 Å². The molecule has 0 bridgehead atoms. The van der Waals surface area contributed by atoms with Crippen LogP contribution in [0.1, 0.15) is 194 Å². The predicted octanol–water partition coefficient (Wildman–Crippen LogP) is 15.1. The zero-order chi connectivity index (χ0) is 44.8. The molecule has 0 fully saturated rings. The Morgan fingerprint density at radius 1 is 0.525 bits per heavy atom. The van der Waals surface area contributed by atoms with Crippen molar-refractivity contribution in [2.24, 2.45) is 0 Å². The molecule has 0 aliphatic rings. The number of nitrogens with zero attached hydrogens (tertiary/aromatic N) is 1. The maximum atomic E-state index is 12.7. The average Bonchev–Trinajstić information content (AvgIpc) is 3.22. The molecular formula is C52H95NO7P+. The summed E-state index contributed by atoms with van der Waals surface area (Å²) in [5.74, 6) is -0.322. The number of hydrogen-bond donors (Lipinski definition) is 1. The molecule has 0 rings (SSSR count). The van der Waals surface area contributed by atoms with Crippen molar-refractivity contribution in [3.8, 4) is 0 Å². The lowest BCUT2D eigenvalue weighted by Crippen LogP contribution is -2.37. The fraction of sp³-hybridized carbons (Fsp3) is 0.750. The molecule has 0 spiro atoms. The van der Waals surface area contributed by atoms with Crippen molar-refractivity contribution < 1.29 is 37.3 Å². The third-order valence-electron chi connectivity index (χ3n) is 10.3. The molecule has 0 heterocycles. The first-order valence-corrected chi connectivity index (χ1v) is 26.2. The Morgan fingerprint density at radius 2 is 0.951 bits per heavy atom. The number of hydrogen-bond acceptors (Lipinski definition) is 6. The van der Waals surface area contributed by atoms with Crippen LogP contribution >= 0.6 is 7.82 Å². The Kier molecular flexibility index (Phi) is 43.0. The number of ether oxygens (including phenoxy) is 2. The molecule has 0 aliphatic carbocycles. The number of unbranched alkanes of at least 4 members (excludes halogenated alkanes) is 19. The number of quaternary nitrogens is 1. The minimum Gasteiger partial charge on any atom is -0.457 e. The molecule has 0 aromatic heterocycles. The fourth-order valence-corrected chi connectivity index (χ4v) is 7.24. The molecule has 354 valence electrons. The van der Waals surface area contributed by atoms with Crippen LogP contribution < -0.4 is 0 Å². The molecule has 1 N–H and O–H groups in total. The number of esters is 1. The maximum Gasteiger partial charge on any atom is 0.472 e. The number of carbonyl (C=O) groups is 1. The fourth-order valence-electron chi connectivity index (χ4n) is 6.50. The van der Waals surface area contributed by atoms with E-state index in [4.69, 9.17) is 18.5 Å². The van der Waals surface area contributed by atoms with Crippen molar-refractivity contribution >= 4 is 13.8 Å². The van der Waals surface area contributed by atoms with E-state index < -0.39 is 13.9 Å². The third-order valence-corrected chi connectivity index (χ3v) is 11.3. The van der Waals surface area contributed by atoms with E-state index in [1.54, 1.807) is 0 Å². The molecule has 0 aromatic carbocycles. The largest absolute Gasteiger partial charge is 0.472 e. The maximum absolute atomic E-state index is 12.7. The zero-order valence-electron chi connectivity index (χ0n) is 40.1. The summed E-state index contributed by atoms with van der Waals surface area (Å²) in [6.45, 7) is 5.46. The van der Waals surface area contributed by atoms with Crippen LogP contribution in [-0.4, -0.2) is 75.6 Å². The normalized spacial score (nSPS) is 14.3. The molecule has 61 heavy (non-hydrogen) atoms. The quantitative estimate of drug-likeness (QED) is 0.0214. The highest BCUT2D eigenvalue weighted by Gasteiger charge is 2.26. The van der Waals surface area contributed by atoms with Gasteiger partial charge in [0.15, 0.2) is 0 Å². The molecule has 0 aromatic rings. The predicted molar refractivity (Wildman–Crippen MR) is 261 cm³/mol. The van der Waals surface area contributed by atoms with Crippen molar-refractivity contribution in [1.82, 2.24) is 0 Å². The number of likely N-dealkylation sites (N-methyl/N-ethyl adjacent to an activating group) is 1. The SMILES string of the molecule is CC/C=C\C/C=C\C/C=C\C/C=C\C/C=C\C/C=C\CCCCCCCOCC(COP(=O)(O)OCC[N+](C)(C)C)OC(=O)CCCCCCCCCCCCCCCCC. The number of allylic oxidation sites excluding steroid dienone is 12. The lowest BCUT2D eigenvalue weighted by atomic mass is 10.0. The van der Waals surface area contributed by atoms with Gasteiger partial charge in [0.05, 0.1) is 34.4 Å². The monoisotopic (exact) mass is 877 g/mol. The van der Waals surface area contributed by atoms with E-state index in [-0.39, 0.29) is 25.8 Å². The Hall–Kier alpha value is -2.06. The van der Waals surface area contributed by atoms with Gasteiger partial charge in [0.2, 0.25) is 0 Å². The Labute approximate surface area is 376 Å². The van der Waals surface area contributed by atoms with Gasteiger partial charge >= 0.3 is 13.8 Å². The lowest BCUT2D eigenvalue weighted by Gasteiger charge is -2.24. The molecule has 0 aliphatic heterocycles. The van der Waals surface area contributed by atoms with Gasteiger partial charge in [-0.2, -0.15) is 0 Å². The van der Waals surface area contributed by atoms with Gasteiger partial charge in [-0.15, -0.1) is 0 Å². The summed E-state index contributed by atoms with van der Waals surface area (Å²) < 4.78 is 35.1. The summed E-state index contributed by atoms with van der Waals surface area (Å²) in [5, 5.41) is 0. The molecular weight excluding hydrogens is 782 g/mol. The summed E-state index contributed by atoms with van der Waals surface area (Å²) in [6.07, 6.45) is 58.0. The van der Waals surface area contributed by atoms with Crippen molar-refractivity contribution in [1.29, 1.82) is 0 Å². The minimum atomic E-state index is -4.29. The molecule has 0 amide bonds. The minimum absolute atomic E-state index is 0.0822. The molecule has 0 saturated heterocycles. The van der Waals surface area contributed by atoms with E-state index in [0.717, 1.165) is 83.5 Å². The molecule has 9 heteroatoms. The Bertz CT molecular complexity index is 1200. The molecule has 8 nitrogen and oxygen atoms in total. The van der Waals surface area contributed by atoms with Gasteiger partial charge < -0.3 is 18.9 Å². The van der Waals surface area contributed by atoms with E-state index in [1.807, 2.05) is 21.1 Å². The van der Waals surface area contributed by atoms with E-state index in [1.165, 1.54) is 89.9 Å². The summed E-state index contributed by atoms with van der Waals surface area (Å²) in [7, 11) is 1.65. The first kappa shape index (κ1) is 58.9. The summed E-state index contributed by atoms with van der Waals surface area (Å²) in [5.41, 5.74) is 0. The second-order valence-electron chi connectivity index (χ2n) is 17.5. The van der Waals surface area contributed by atoms with Gasteiger partial charge in [-0.1, -0.05) is 196 Å². The highest BCUT2D eigenvalue weighted by molar-refractivity contribution is 7.47. The van der Waals surface area contributed by atoms with Gasteiger partial charge in [0, 0.05) is 13.0 Å². The van der Waals surface area contributed by atoms with Crippen LogP contribution in [0.4, 0.5) is 0 Å². The number of phosphoric acid groups is 1. The highest BCUT2D eigenvalue weighted by Crippen LogP contribution is 2.43. The van der Waals surface area contributed by atoms with Crippen molar-refractivity contribution in [2.75, 3.05) is 54.1 Å². The Morgan fingerprint density at radius 3 is 1.43 bits per heavy atom. The van der Waals surface area contributed by atoms with Gasteiger partial charge in [-0.25, -0.2) is 4.57 Å². The van der Waals surface area contributed by atoms with Crippen LogP contribution in [0.25, 0.3) is 0 Å². The molecule has 2 unspecified atom stereocenters. The number of carbonyl (C=O) groups excluding carboxylic acids is 1. The second kappa shape index (κ2) is 44.5. The van der Waals surface area contributed by atoms with Crippen LogP contribution in [0.5, 0.6) is 0 Å². The zero-order valence-corrected chi connectivity index (χ0v) is 41.0. The lowest BCUT2D eigenvalue weighted by molar-refractivity contribution is -0.870. The molecule has 0 saturated carbocycles. The molecule has 2 atom stereocenters. The number of phosphoric ester groups is 1. The first-order chi connectivity index (χ1) is 29.6. The van der Waals surface area contributed by atoms with Crippen molar-refractivity contribution in [3.05, 3.63) is 72.9 Å². The van der Waals surface area contributed by atoms with E-state index >= 15 is 0 Å². The van der Waals surface area contributed by atoms with Gasteiger partial charge in [0.1, 0.15) is 19.3 Å². The van der Waals surface area contributed by atoms with E-state index in [2.05, 4.69) is 86.8 Å².